The molecule has 5 heteroatoms. The summed E-state index contributed by atoms with van der Waals surface area (Å²) in [7, 11) is 0. The van der Waals surface area contributed by atoms with E-state index in [1.54, 1.807) is 6.33 Å². The van der Waals surface area contributed by atoms with E-state index in [9.17, 15) is 4.79 Å². The highest BCUT2D eigenvalue weighted by atomic mass is 16.5. The highest BCUT2D eigenvalue weighted by Crippen LogP contribution is 2.37. The van der Waals surface area contributed by atoms with Crippen molar-refractivity contribution < 1.29 is 14.6 Å². The standard InChI is InChI=1S/C13H14N2O3/c16-12(17)3-4-13(6-18-7-13)9-1-2-10-11(5-9)15-8-14-10/h1-2,5,8H,3-4,6-7H2,(H,14,15)(H,16,17). The summed E-state index contributed by atoms with van der Waals surface area (Å²) in [6.45, 7) is 1.19. The Labute approximate surface area is 104 Å². The Morgan fingerprint density at radius 3 is 3.00 bits per heavy atom. The zero-order valence-electron chi connectivity index (χ0n) is 9.85. The first-order valence-corrected chi connectivity index (χ1v) is 5.93. The van der Waals surface area contributed by atoms with E-state index in [1.165, 1.54) is 0 Å². The normalized spacial score (nSPS) is 17.6. The van der Waals surface area contributed by atoms with Gasteiger partial charge in [0.25, 0.3) is 0 Å². The average molecular weight is 246 g/mol. The molecule has 3 rings (SSSR count). The minimum Gasteiger partial charge on any atom is -0.481 e. The van der Waals surface area contributed by atoms with Crippen LogP contribution in [0.1, 0.15) is 18.4 Å². The van der Waals surface area contributed by atoms with Gasteiger partial charge in [-0.2, -0.15) is 0 Å². The summed E-state index contributed by atoms with van der Waals surface area (Å²) >= 11 is 0. The van der Waals surface area contributed by atoms with Gasteiger partial charge in [0.15, 0.2) is 0 Å². The van der Waals surface area contributed by atoms with E-state index < -0.39 is 5.97 Å². The monoisotopic (exact) mass is 246 g/mol. The fourth-order valence-electron chi connectivity index (χ4n) is 2.42. The number of rotatable bonds is 4. The zero-order valence-corrected chi connectivity index (χ0v) is 9.85. The number of H-pyrrole nitrogens is 1. The lowest BCUT2D eigenvalue weighted by Gasteiger charge is -2.41. The number of nitrogens with one attached hydrogen (secondary N) is 1. The molecule has 2 aromatic rings. The van der Waals surface area contributed by atoms with Crippen molar-refractivity contribution >= 4 is 17.0 Å². The number of aromatic amines is 1. The fraction of sp³-hybridized carbons (Fsp3) is 0.385. The van der Waals surface area contributed by atoms with Crippen LogP contribution in [-0.4, -0.2) is 34.3 Å². The number of nitrogens with zero attached hydrogens (tertiary/aromatic N) is 1. The molecule has 0 aliphatic carbocycles. The predicted octanol–water partition coefficient (Wildman–Crippen LogP) is 1.70. The van der Waals surface area contributed by atoms with Gasteiger partial charge >= 0.3 is 5.97 Å². The Balaban J connectivity index is 1.92. The van der Waals surface area contributed by atoms with Gasteiger partial charge in [0.2, 0.25) is 0 Å². The van der Waals surface area contributed by atoms with Gasteiger partial charge in [-0.3, -0.25) is 4.79 Å². The maximum atomic E-state index is 10.7. The number of aliphatic carboxylic acids is 1. The van der Waals surface area contributed by atoms with Crippen LogP contribution in [0.25, 0.3) is 11.0 Å². The third-order valence-electron chi connectivity index (χ3n) is 3.61. The number of imidazole rings is 1. The Hall–Kier alpha value is -1.88. The molecule has 1 aliphatic heterocycles. The Kier molecular flexibility index (Phi) is 2.56. The molecule has 2 N–H and O–H groups in total. The lowest BCUT2D eigenvalue weighted by Crippen LogP contribution is -2.47. The lowest BCUT2D eigenvalue weighted by molar-refractivity contribution is -0.139. The van der Waals surface area contributed by atoms with E-state index in [4.69, 9.17) is 9.84 Å². The first-order chi connectivity index (χ1) is 8.70. The van der Waals surface area contributed by atoms with E-state index in [0.29, 0.717) is 19.6 Å². The fourth-order valence-corrected chi connectivity index (χ4v) is 2.42. The van der Waals surface area contributed by atoms with Gasteiger partial charge in [-0.1, -0.05) is 6.07 Å². The summed E-state index contributed by atoms with van der Waals surface area (Å²) in [6.07, 6.45) is 2.45. The van der Waals surface area contributed by atoms with Crippen LogP contribution < -0.4 is 0 Å². The third kappa shape index (κ3) is 1.76. The second-order valence-electron chi connectivity index (χ2n) is 4.80. The largest absolute Gasteiger partial charge is 0.481 e. The number of ether oxygens (including phenoxy) is 1. The smallest absolute Gasteiger partial charge is 0.303 e. The van der Waals surface area contributed by atoms with Gasteiger partial charge < -0.3 is 14.8 Å². The number of hydrogen-bond acceptors (Lipinski definition) is 3. The molecule has 0 spiro atoms. The second-order valence-corrected chi connectivity index (χ2v) is 4.80. The Morgan fingerprint density at radius 2 is 2.33 bits per heavy atom. The molecule has 0 saturated carbocycles. The van der Waals surface area contributed by atoms with Crippen molar-refractivity contribution in [3.05, 3.63) is 30.1 Å². The number of fused-ring (bicyclic) bond motifs is 1. The van der Waals surface area contributed by atoms with Crippen molar-refractivity contribution in [1.29, 1.82) is 0 Å². The highest BCUT2D eigenvalue weighted by molar-refractivity contribution is 5.75. The molecule has 0 amide bonds. The number of carbonyl (C=O) groups is 1. The molecular formula is C13H14N2O3. The van der Waals surface area contributed by atoms with E-state index in [-0.39, 0.29) is 11.8 Å². The van der Waals surface area contributed by atoms with Crippen molar-refractivity contribution in [2.24, 2.45) is 0 Å². The maximum absolute atomic E-state index is 10.7. The number of carboxylic acids is 1. The van der Waals surface area contributed by atoms with E-state index in [0.717, 1.165) is 16.6 Å². The van der Waals surface area contributed by atoms with Gasteiger partial charge in [-0.25, -0.2) is 4.98 Å². The SMILES string of the molecule is O=C(O)CCC1(c2ccc3nc[nH]c3c2)COC1. The number of hydrogen-bond donors (Lipinski definition) is 2. The molecule has 94 valence electrons. The minimum absolute atomic E-state index is 0.141. The van der Waals surface area contributed by atoms with Crippen LogP contribution in [-0.2, 0) is 14.9 Å². The van der Waals surface area contributed by atoms with Crippen molar-refractivity contribution in [2.75, 3.05) is 13.2 Å². The Bertz CT molecular complexity index is 587. The summed E-state index contributed by atoms with van der Waals surface area (Å²) < 4.78 is 5.30. The number of aromatic nitrogens is 2. The summed E-state index contributed by atoms with van der Waals surface area (Å²) in [5, 5.41) is 8.83. The molecule has 2 heterocycles. The van der Waals surface area contributed by atoms with E-state index in [1.807, 2.05) is 18.2 Å². The molecule has 0 radical (unpaired) electrons. The lowest BCUT2D eigenvalue weighted by atomic mass is 9.75. The summed E-state index contributed by atoms with van der Waals surface area (Å²) in [4.78, 5) is 18.0. The van der Waals surface area contributed by atoms with E-state index >= 15 is 0 Å². The van der Waals surface area contributed by atoms with Crippen molar-refractivity contribution in [3.8, 4) is 0 Å². The molecule has 1 aromatic heterocycles. The van der Waals surface area contributed by atoms with Crippen LogP contribution in [0, 0.1) is 0 Å². The first kappa shape index (κ1) is 11.2. The van der Waals surface area contributed by atoms with Gasteiger partial charge in [-0.05, 0) is 24.1 Å². The molecule has 18 heavy (non-hydrogen) atoms. The molecule has 1 aromatic carbocycles. The summed E-state index contributed by atoms with van der Waals surface area (Å²) in [5.41, 5.74) is 2.89. The summed E-state index contributed by atoms with van der Waals surface area (Å²) in [5.74, 6) is -0.760. The van der Waals surface area contributed by atoms with Crippen molar-refractivity contribution in [2.45, 2.75) is 18.3 Å². The number of carboxylic acid groups (broad SMARTS) is 1. The predicted molar refractivity (Wildman–Crippen MR) is 65.5 cm³/mol. The topological polar surface area (TPSA) is 75.2 Å². The highest BCUT2D eigenvalue weighted by Gasteiger charge is 2.40. The molecule has 1 aliphatic rings. The number of benzene rings is 1. The molecule has 0 bridgehead atoms. The van der Waals surface area contributed by atoms with Crippen LogP contribution in [0.4, 0.5) is 0 Å². The molecule has 1 fully saturated rings. The van der Waals surface area contributed by atoms with Gasteiger partial charge in [0, 0.05) is 11.8 Å². The molecule has 0 unspecified atom stereocenters. The van der Waals surface area contributed by atoms with Crippen LogP contribution in [0.5, 0.6) is 0 Å². The maximum Gasteiger partial charge on any atom is 0.303 e. The minimum atomic E-state index is -0.760. The van der Waals surface area contributed by atoms with Crippen LogP contribution in [0.2, 0.25) is 0 Å². The third-order valence-corrected chi connectivity index (χ3v) is 3.61. The molecular weight excluding hydrogens is 232 g/mol. The van der Waals surface area contributed by atoms with Gasteiger partial charge in [-0.15, -0.1) is 0 Å². The second kappa shape index (κ2) is 4.10. The quantitative estimate of drug-likeness (QED) is 0.860. The van der Waals surface area contributed by atoms with Crippen LogP contribution in [0.15, 0.2) is 24.5 Å². The van der Waals surface area contributed by atoms with Crippen LogP contribution in [0.3, 0.4) is 0 Å². The Morgan fingerprint density at radius 1 is 1.50 bits per heavy atom. The summed E-state index contributed by atoms with van der Waals surface area (Å²) in [6, 6.07) is 6.03. The molecule has 0 atom stereocenters. The average Bonchev–Trinajstić information content (AvgIpc) is 2.74. The van der Waals surface area contributed by atoms with Crippen molar-refractivity contribution in [1.82, 2.24) is 9.97 Å². The first-order valence-electron chi connectivity index (χ1n) is 5.93. The van der Waals surface area contributed by atoms with Crippen molar-refractivity contribution in [3.63, 3.8) is 0 Å². The molecule has 1 saturated heterocycles. The van der Waals surface area contributed by atoms with Gasteiger partial charge in [0.1, 0.15) is 0 Å². The van der Waals surface area contributed by atoms with Crippen LogP contribution >= 0.6 is 0 Å². The van der Waals surface area contributed by atoms with E-state index in [2.05, 4.69) is 9.97 Å². The molecule has 5 nitrogen and oxygen atoms in total. The zero-order chi connectivity index (χ0) is 12.6. The van der Waals surface area contributed by atoms with Gasteiger partial charge in [0.05, 0.1) is 30.6 Å².